The molecule has 12 heteroatoms. The molecule has 222 valence electrons. The van der Waals surface area contributed by atoms with E-state index in [9.17, 15) is 19.3 Å². The van der Waals surface area contributed by atoms with Gasteiger partial charge in [0.25, 0.3) is 0 Å². The molecule has 1 aromatic heterocycles. The number of hydrogen-bond acceptors (Lipinski definition) is 8. The number of para-hydroxylation sites is 1. The number of aromatic nitrogens is 2. The van der Waals surface area contributed by atoms with Crippen LogP contribution < -0.4 is 19.4 Å². The quantitative estimate of drug-likeness (QED) is 0.211. The van der Waals surface area contributed by atoms with E-state index in [0.29, 0.717) is 5.75 Å². The summed E-state index contributed by atoms with van der Waals surface area (Å²) in [5.74, 6) is 0.430. The molecule has 1 fully saturated rings. The van der Waals surface area contributed by atoms with Crippen LogP contribution in [0.2, 0.25) is 13.3 Å². The first-order valence-corrected chi connectivity index (χ1v) is 23.5. The second-order valence-electron chi connectivity index (χ2n) is 10.9. The van der Waals surface area contributed by atoms with Crippen molar-refractivity contribution in [3.8, 4) is 5.75 Å². The van der Waals surface area contributed by atoms with Crippen molar-refractivity contribution in [2.75, 3.05) is 6.61 Å². The number of benzene rings is 1. The van der Waals surface area contributed by atoms with Crippen LogP contribution in [-0.2, 0) is 25.0 Å². The van der Waals surface area contributed by atoms with Gasteiger partial charge in [-0.3, -0.25) is 0 Å². The molecule has 0 amide bonds. The fourth-order valence-corrected chi connectivity index (χ4v) is 22.9. The van der Waals surface area contributed by atoms with Crippen molar-refractivity contribution in [2.24, 2.45) is 0 Å². The molecule has 1 saturated heterocycles. The maximum atomic E-state index is 13.3. The van der Waals surface area contributed by atoms with Gasteiger partial charge < -0.3 is 0 Å². The fraction of sp³-hybridized carbons (Fsp3) is 0.643. The molecule has 0 radical (unpaired) electrons. The molecule has 1 unspecified atom stereocenters. The predicted molar refractivity (Wildman–Crippen MR) is 156 cm³/mol. The summed E-state index contributed by atoms with van der Waals surface area (Å²) >= 11 is -3.17. The van der Waals surface area contributed by atoms with Crippen LogP contribution in [0.15, 0.2) is 40.1 Å². The zero-order valence-electron chi connectivity index (χ0n) is 23.8. The van der Waals surface area contributed by atoms with Crippen molar-refractivity contribution >= 4 is 29.8 Å². The topological polar surface area (TPSA) is 129 Å². The Bertz CT molecular complexity index is 1280. The monoisotopic (exact) mass is 686 g/mol. The maximum absolute atomic E-state index is 13.3. The molecule has 2 aliphatic rings. The molecule has 4 atom stereocenters. The number of hydrogen-bond donors (Lipinski definition) is 2. The zero-order valence-corrected chi connectivity index (χ0v) is 27.6. The number of nitrogens with one attached hydrogen (secondary N) is 1. The third kappa shape index (κ3) is 7.31. The molecule has 0 spiro atoms. The third-order valence-electron chi connectivity index (χ3n) is 8.04. The number of unbranched alkanes of at least 4 members (excludes halogenated alkanes) is 3. The van der Waals surface area contributed by atoms with E-state index in [2.05, 4.69) is 25.8 Å². The normalized spacial score (nSPS) is 24.6. The van der Waals surface area contributed by atoms with Gasteiger partial charge in [-0.2, -0.15) is 0 Å². The molecular weight excluding hydrogens is 642 g/mol. The Morgan fingerprint density at radius 3 is 2.38 bits per heavy atom. The molecule has 4 rings (SSSR count). The van der Waals surface area contributed by atoms with Crippen LogP contribution in [0, 0.1) is 0 Å². The van der Waals surface area contributed by atoms with Gasteiger partial charge in [-0.1, -0.05) is 18.2 Å². The van der Waals surface area contributed by atoms with Crippen molar-refractivity contribution in [1.82, 2.24) is 9.55 Å². The number of phosphoric acid groups is 1. The number of aliphatic hydroxyl groups excluding tert-OH is 1. The summed E-state index contributed by atoms with van der Waals surface area (Å²) in [5.41, 5.74) is -0.0532. The van der Waals surface area contributed by atoms with Gasteiger partial charge in [0.15, 0.2) is 0 Å². The Labute approximate surface area is 239 Å². The molecule has 3 heterocycles. The van der Waals surface area contributed by atoms with E-state index < -0.39 is 50.3 Å². The van der Waals surface area contributed by atoms with Crippen LogP contribution in [0.5, 0.6) is 5.75 Å². The van der Waals surface area contributed by atoms with Gasteiger partial charge in [0.2, 0.25) is 0 Å². The second-order valence-corrected chi connectivity index (χ2v) is 25.7. The number of nitrogens with zero attached hydrogens (tertiary/aromatic N) is 1. The molecule has 2 aliphatic heterocycles. The van der Waals surface area contributed by atoms with Gasteiger partial charge in [-0.25, -0.2) is 0 Å². The number of rotatable bonds is 14. The minimum absolute atomic E-state index is 0.0847. The molecule has 0 aliphatic carbocycles. The summed E-state index contributed by atoms with van der Waals surface area (Å²) in [6, 6.07) is 7.11. The number of aliphatic hydroxyl groups is 1. The minimum atomic E-state index is -3.89. The van der Waals surface area contributed by atoms with Crippen LogP contribution in [0.1, 0.15) is 77.5 Å². The Morgan fingerprint density at radius 1 is 1.07 bits per heavy atom. The molecule has 2 N–H and O–H groups in total. The van der Waals surface area contributed by atoms with Crippen LogP contribution in [0.4, 0.5) is 0 Å². The average molecular weight is 685 g/mol. The molecule has 0 bridgehead atoms. The van der Waals surface area contributed by atoms with Crippen LogP contribution in [0.3, 0.4) is 0 Å². The fourth-order valence-electron chi connectivity index (χ4n) is 5.67. The van der Waals surface area contributed by atoms with E-state index in [1.165, 1.54) is 4.57 Å². The summed E-state index contributed by atoms with van der Waals surface area (Å²) in [5, 5.41) is 10.8. The summed E-state index contributed by atoms with van der Waals surface area (Å²) in [6.07, 6.45) is 5.71. The van der Waals surface area contributed by atoms with Gasteiger partial charge in [-0.05, 0) is 0 Å². The third-order valence-corrected chi connectivity index (χ3v) is 24.9. The first kappa shape index (κ1) is 31.5. The summed E-state index contributed by atoms with van der Waals surface area (Å²) in [4.78, 5) is 28.8. The molecule has 0 saturated carbocycles. The van der Waals surface area contributed by atoms with Crippen molar-refractivity contribution in [1.29, 1.82) is 0 Å². The Balaban J connectivity index is 1.54. The molecule has 10 nitrogen and oxygen atoms in total. The van der Waals surface area contributed by atoms with Crippen molar-refractivity contribution < 1.29 is 28.0 Å². The van der Waals surface area contributed by atoms with Crippen molar-refractivity contribution in [2.45, 2.75) is 104 Å². The van der Waals surface area contributed by atoms with E-state index in [1.54, 1.807) is 18.3 Å². The number of aromatic amines is 1. The second kappa shape index (κ2) is 14.2. The molecule has 40 heavy (non-hydrogen) atoms. The van der Waals surface area contributed by atoms with E-state index >= 15 is 0 Å². The molecule has 1 aromatic carbocycles. The number of H-pyrrole nitrogens is 1. The van der Waals surface area contributed by atoms with Gasteiger partial charge in [0.05, 0.1) is 0 Å². The number of phosphoric ester groups is 1. The summed E-state index contributed by atoms with van der Waals surface area (Å²) in [7, 11) is -3.89. The first-order chi connectivity index (χ1) is 19.2. The SMILES string of the molecule is CCC[CH2][Sn]([CH2]CCC)([CH2]CCC)[c]1cn([C@H]2C[C@H](O)[C@@H](COP3(=O)OCc4ccccc4O3)O2)c(=O)[nH]c1=O. The standard InChI is InChI=1S/C16H16N2O8P.3C4H9.Sn/c19-11-7-15(18-6-5-14(20)17-16(18)21)25-13(11)9-24-27(22)23-8-10-3-1-2-4-12(10)26-27;3*1-3-4-2;/h1-4,6,11,13,15,19H,7-9H2,(H,17,20,21);3*1,3-4H2,2H3;/t11-,13+,15+,27?;;;;/m0..../s1. The molecular formula is C28H43N2O8PSn. The van der Waals surface area contributed by atoms with Crippen molar-refractivity contribution in [3.05, 3.63) is 56.9 Å². The Kier molecular flexibility index (Phi) is 11.2. The van der Waals surface area contributed by atoms with Crippen molar-refractivity contribution in [3.63, 3.8) is 0 Å². The summed E-state index contributed by atoms with van der Waals surface area (Å²) in [6.45, 7) is 6.37. The van der Waals surface area contributed by atoms with Gasteiger partial charge in [0.1, 0.15) is 0 Å². The van der Waals surface area contributed by atoms with E-state index in [4.69, 9.17) is 18.3 Å². The average Bonchev–Trinajstić information content (AvgIpc) is 3.32. The van der Waals surface area contributed by atoms with E-state index in [1.807, 2.05) is 12.1 Å². The van der Waals surface area contributed by atoms with E-state index in [0.717, 1.165) is 61.0 Å². The van der Waals surface area contributed by atoms with Gasteiger partial charge >= 0.3 is 222 Å². The van der Waals surface area contributed by atoms with Gasteiger partial charge in [0, 0.05) is 0 Å². The van der Waals surface area contributed by atoms with Crippen LogP contribution >= 0.6 is 7.82 Å². The van der Waals surface area contributed by atoms with Crippen LogP contribution in [-0.4, -0.2) is 51.8 Å². The molecule has 2 aromatic rings. The Morgan fingerprint density at radius 2 is 1.73 bits per heavy atom. The van der Waals surface area contributed by atoms with Gasteiger partial charge in [-0.15, -0.1) is 0 Å². The van der Waals surface area contributed by atoms with Crippen LogP contribution in [0.25, 0.3) is 0 Å². The Hall–Kier alpha value is -1.43. The first-order valence-electron chi connectivity index (χ1n) is 14.6. The number of fused-ring (bicyclic) bond motifs is 1. The number of ether oxygens (including phenoxy) is 1. The zero-order chi connectivity index (χ0) is 28.8. The predicted octanol–water partition coefficient (Wildman–Crippen LogP) is 4.98. The van der Waals surface area contributed by atoms with E-state index in [-0.39, 0.29) is 25.2 Å². The summed E-state index contributed by atoms with van der Waals surface area (Å²) < 4.78 is 40.9.